The van der Waals surface area contributed by atoms with Gasteiger partial charge in [0, 0.05) is 6.20 Å². The Labute approximate surface area is 80.3 Å². The summed E-state index contributed by atoms with van der Waals surface area (Å²) in [4.78, 5) is 14.6. The lowest BCUT2D eigenvalue weighted by Gasteiger charge is -1.99. The van der Waals surface area contributed by atoms with Crippen molar-refractivity contribution in [1.29, 1.82) is 0 Å². The van der Waals surface area contributed by atoms with Gasteiger partial charge in [0.25, 0.3) is 0 Å². The summed E-state index contributed by atoms with van der Waals surface area (Å²) in [7, 11) is 0. The molecule has 2 aromatic heterocycles. The molecule has 5 heteroatoms. The molecule has 2 heterocycles. The van der Waals surface area contributed by atoms with Gasteiger partial charge in [-0.15, -0.1) is 0 Å². The van der Waals surface area contributed by atoms with Crippen molar-refractivity contribution in [3.05, 3.63) is 35.7 Å². The fourth-order valence-electron chi connectivity index (χ4n) is 1.23. The van der Waals surface area contributed by atoms with Crippen molar-refractivity contribution in [2.75, 3.05) is 0 Å². The average molecular weight is 191 g/mol. The van der Waals surface area contributed by atoms with Gasteiger partial charge < -0.3 is 9.09 Å². The number of rotatable bonds is 3. The number of hydrogen-bond acceptors (Lipinski definition) is 4. The van der Waals surface area contributed by atoms with Gasteiger partial charge >= 0.3 is 0 Å². The Kier molecular flexibility index (Phi) is 2.14. The first-order valence-electron chi connectivity index (χ1n) is 4.19. The average Bonchev–Trinajstić information content (AvgIpc) is 2.76. The molecule has 0 N–H and O–H groups in total. The standard InChI is InChI=1S/C9H9N3O2/c1-7-10-9(14-11-7)5-12-4-2-3-8(12)6-13/h2-4,6H,5H2,1H3. The number of carbonyl (C=O) groups excluding carboxylic acids is 1. The van der Waals surface area contributed by atoms with Crippen LogP contribution >= 0.6 is 0 Å². The van der Waals surface area contributed by atoms with E-state index in [1.165, 1.54) is 0 Å². The van der Waals surface area contributed by atoms with Gasteiger partial charge in [0.2, 0.25) is 5.89 Å². The molecular weight excluding hydrogens is 182 g/mol. The van der Waals surface area contributed by atoms with Crippen LogP contribution in [0.15, 0.2) is 22.9 Å². The first kappa shape index (κ1) is 8.68. The Morgan fingerprint density at radius 1 is 1.64 bits per heavy atom. The van der Waals surface area contributed by atoms with E-state index in [4.69, 9.17) is 4.52 Å². The van der Waals surface area contributed by atoms with Gasteiger partial charge in [-0.2, -0.15) is 4.98 Å². The van der Waals surface area contributed by atoms with Crippen LogP contribution in [0.4, 0.5) is 0 Å². The molecule has 5 nitrogen and oxygen atoms in total. The predicted molar refractivity (Wildman–Crippen MR) is 48.0 cm³/mol. The van der Waals surface area contributed by atoms with Crippen LogP contribution in [0.1, 0.15) is 22.2 Å². The zero-order chi connectivity index (χ0) is 9.97. The summed E-state index contributed by atoms with van der Waals surface area (Å²) in [5.74, 6) is 1.10. The molecule has 0 atom stereocenters. The van der Waals surface area contributed by atoms with Gasteiger partial charge in [0.15, 0.2) is 12.1 Å². The lowest BCUT2D eigenvalue weighted by Crippen LogP contribution is -2.02. The molecule has 0 saturated heterocycles. The van der Waals surface area contributed by atoms with Crippen molar-refractivity contribution in [2.24, 2.45) is 0 Å². The van der Waals surface area contributed by atoms with Crippen molar-refractivity contribution >= 4 is 6.29 Å². The number of aldehydes is 1. The summed E-state index contributed by atoms with van der Waals surface area (Å²) in [6.07, 6.45) is 2.59. The molecule has 0 radical (unpaired) electrons. The summed E-state index contributed by atoms with van der Waals surface area (Å²) < 4.78 is 6.69. The highest BCUT2D eigenvalue weighted by atomic mass is 16.5. The minimum atomic E-state index is 0.432. The van der Waals surface area contributed by atoms with E-state index < -0.39 is 0 Å². The zero-order valence-electron chi connectivity index (χ0n) is 7.67. The van der Waals surface area contributed by atoms with Crippen molar-refractivity contribution in [1.82, 2.24) is 14.7 Å². The maximum absolute atomic E-state index is 10.6. The fraction of sp³-hybridized carbons (Fsp3) is 0.222. The summed E-state index contributed by atoms with van der Waals surface area (Å²) in [5, 5.41) is 3.66. The molecule has 0 amide bonds. The molecule has 2 rings (SSSR count). The lowest BCUT2D eigenvalue weighted by molar-refractivity contribution is 0.111. The van der Waals surface area contributed by atoms with Crippen LogP contribution in [-0.2, 0) is 6.54 Å². The van der Waals surface area contributed by atoms with Crippen LogP contribution < -0.4 is 0 Å². The summed E-state index contributed by atoms with van der Waals surface area (Å²) in [6, 6.07) is 3.53. The maximum atomic E-state index is 10.6. The third kappa shape index (κ3) is 1.56. The molecule has 0 aromatic carbocycles. The predicted octanol–water partition coefficient (Wildman–Crippen LogP) is 1.04. The molecule has 0 bridgehead atoms. The third-order valence-corrected chi connectivity index (χ3v) is 1.86. The second-order valence-corrected chi connectivity index (χ2v) is 2.91. The molecule has 0 aliphatic heterocycles. The van der Waals surface area contributed by atoms with E-state index in [-0.39, 0.29) is 0 Å². The molecule has 0 fully saturated rings. The molecule has 0 spiro atoms. The Bertz CT molecular complexity index is 444. The van der Waals surface area contributed by atoms with Gasteiger partial charge in [0.05, 0.1) is 5.69 Å². The van der Waals surface area contributed by atoms with E-state index in [9.17, 15) is 4.79 Å². The Morgan fingerprint density at radius 3 is 3.14 bits per heavy atom. The van der Waals surface area contributed by atoms with Crippen molar-refractivity contribution in [3.63, 3.8) is 0 Å². The second-order valence-electron chi connectivity index (χ2n) is 2.91. The molecule has 0 aliphatic rings. The summed E-state index contributed by atoms with van der Waals surface area (Å²) in [6.45, 7) is 2.19. The third-order valence-electron chi connectivity index (χ3n) is 1.86. The lowest BCUT2D eigenvalue weighted by atomic mass is 10.4. The molecule has 0 aliphatic carbocycles. The van der Waals surface area contributed by atoms with Gasteiger partial charge in [-0.1, -0.05) is 5.16 Å². The van der Waals surface area contributed by atoms with Crippen molar-refractivity contribution < 1.29 is 9.32 Å². The molecule has 2 aromatic rings. The first-order valence-corrected chi connectivity index (χ1v) is 4.19. The number of carbonyl (C=O) groups is 1. The highest BCUT2D eigenvalue weighted by Gasteiger charge is 2.05. The van der Waals surface area contributed by atoms with E-state index in [0.29, 0.717) is 24.0 Å². The van der Waals surface area contributed by atoms with Crippen molar-refractivity contribution in [3.8, 4) is 0 Å². The van der Waals surface area contributed by atoms with Gasteiger partial charge in [-0.3, -0.25) is 4.79 Å². The normalized spacial score (nSPS) is 10.4. The van der Waals surface area contributed by atoms with Crippen LogP contribution in [0.25, 0.3) is 0 Å². The first-order chi connectivity index (χ1) is 6.79. The number of aryl methyl sites for hydroxylation is 1. The highest BCUT2D eigenvalue weighted by Crippen LogP contribution is 2.04. The van der Waals surface area contributed by atoms with Gasteiger partial charge in [0.1, 0.15) is 6.54 Å². The number of hydrogen-bond donors (Lipinski definition) is 0. The van der Waals surface area contributed by atoms with E-state index in [1.54, 1.807) is 29.8 Å². The number of nitrogens with zero attached hydrogens (tertiary/aromatic N) is 3. The Morgan fingerprint density at radius 2 is 2.50 bits per heavy atom. The minimum absolute atomic E-state index is 0.432. The molecule has 72 valence electrons. The Balaban J connectivity index is 2.22. The van der Waals surface area contributed by atoms with Crippen LogP contribution in [0.3, 0.4) is 0 Å². The largest absolute Gasteiger partial charge is 0.337 e. The van der Waals surface area contributed by atoms with E-state index in [1.807, 2.05) is 0 Å². The molecule has 0 saturated carbocycles. The van der Waals surface area contributed by atoms with Crippen LogP contribution in [0, 0.1) is 6.92 Å². The van der Waals surface area contributed by atoms with Crippen LogP contribution in [0.2, 0.25) is 0 Å². The molecule has 14 heavy (non-hydrogen) atoms. The monoisotopic (exact) mass is 191 g/mol. The smallest absolute Gasteiger partial charge is 0.246 e. The molecule has 0 unspecified atom stereocenters. The van der Waals surface area contributed by atoms with Crippen LogP contribution in [-0.4, -0.2) is 21.0 Å². The number of aromatic nitrogens is 3. The maximum Gasteiger partial charge on any atom is 0.246 e. The fourth-order valence-corrected chi connectivity index (χ4v) is 1.23. The van der Waals surface area contributed by atoms with E-state index in [0.717, 1.165) is 6.29 Å². The van der Waals surface area contributed by atoms with E-state index >= 15 is 0 Å². The highest BCUT2D eigenvalue weighted by molar-refractivity contribution is 5.72. The summed E-state index contributed by atoms with van der Waals surface area (Å²) in [5.41, 5.74) is 0.598. The van der Waals surface area contributed by atoms with Crippen molar-refractivity contribution in [2.45, 2.75) is 13.5 Å². The second kappa shape index (κ2) is 3.45. The zero-order valence-corrected chi connectivity index (χ0v) is 7.67. The van der Waals surface area contributed by atoms with E-state index in [2.05, 4.69) is 10.1 Å². The van der Waals surface area contributed by atoms with Gasteiger partial charge in [-0.05, 0) is 19.1 Å². The topological polar surface area (TPSA) is 60.9 Å². The summed E-state index contributed by atoms with van der Waals surface area (Å²) >= 11 is 0. The van der Waals surface area contributed by atoms with Crippen LogP contribution in [0.5, 0.6) is 0 Å². The quantitative estimate of drug-likeness (QED) is 0.680. The van der Waals surface area contributed by atoms with Gasteiger partial charge in [-0.25, -0.2) is 0 Å². The Hall–Kier alpha value is -1.91. The minimum Gasteiger partial charge on any atom is -0.337 e. The molecular formula is C9H9N3O2. The SMILES string of the molecule is Cc1noc(Cn2cccc2C=O)n1.